The molecule has 0 saturated carbocycles. The van der Waals surface area contributed by atoms with E-state index in [1.54, 1.807) is 11.3 Å². The van der Waals surface area contributed by atoms with Gasteiger partial charge in [0.1, 0.15) is 0 Å². The van der Waals surface area contributed by atoms with E-state index in [2.05, 4.69) is 14.7 Å². The van der Waals surface area contributed by atoms with Gasteiger partial charge in [0.05, 0.1) is 37.5 Å². The second-order valence-corrected chi connectivity index (χ2v) is 8.82. The summed E-state index contributed by atoms with van der Waals surface area (Å²) in [5.74, 6) is 0. The van der Waals surface area contributed by atoms with Crippen LogP contribution in [0.15, 0.2) is 23.8 Å². The van der Waals surface area contributed by atoms with Crippen molar-refractivity contribution < 1.29 is 4.21 Å². The summed E-state index contributed by atoms with van der Waals surface area (Å²) in [5.41, 5.74) is 4.79. The van der Waals surface area contributed by atoms with E-state index in [-0.39, 0.29) is 10.8 Å². The minimum Gasteiger partial charge on any atom is -0.255 e. The maximum Gasteiger partial charge on any atom is 0.0975 e. The van der Waals surface area contributed by atoms with Crippen LogP contribution >= 0.6 is 11.3 Å². The van der Waals surface area contributed by atoms with Crippen molar-refractivity contribution in [2.45, 2.75) is 45.4 Å². The highest BCUT2D eigenvalue weighted by atomic mass is 32.2. The Labute approximate surface area is 132 Å². The zero-order valence-corrected chi connectivity index (χ0v) is 14.6. The summed E-state index contributed by atoms with van der Waals surface area (Å²) in [4.78, 5) is 9.84. The van der Waals surface area contributed by atoms with Gasteiger partial charge in [-0.05, 0) is 46.2 Å². The van der Waals surface area contributed by atoms with Gasteiger partial charge < -0.3 is 0 Å². The SMILES string of the molecule is Cc1ncsc1-c1ccc([C@H](C)N[S@](=O)C(C)(C)C)cn1. The van der Waals surface area contributed by atoms with Gasteiger partial charge in [-0.15, -0.1) is 11.3 Å². The van der Waals surface area contributed by atoms with Gasteiger partial charge in [-0.3, -0.25) is 4.98 Å². The second kappa shape index (κ2) is 6.34. The Kier molecular flexibility index (Phi) is 4.91. The van der Waals surface area contributed by atoms with Crippen molar-refractivity contribution in [1.82, 2.24) is 14.7 Å². The van der Waals surface area contributed by atoms with E-state index >= 15 is 0 Å². The maximum absolute atomic E-state index is 12.1. The van der Waals surface area contributed by atoms with E-state index in [1.807, 2.05) is 58.5 Å². The van der Waals surface area contributed by atoms with E-state index < -0.39 is 11.0 Å². The fraction of sp³-hybridized carbons (Fsp3) is 0.467. The van der Waals surface area contributed by atoms with Gasteiger partial charge in [-0.2, -0.15) is 0 Å². The van der Waals surface area contributed by atoms with Gasteiger partial charge in [-0.25, -0.2) is 13.9 Å². The number of nitrogens with zero attached hydrogens (tertiary/aromatic N) is 2. The zero-order chi connectivity index (χ0) is 15.6. The molecule has 2 aromatic rings. The zero-order valence-electron chi connectivity index (χ0n) is 13.0. The van der Waals surface area contributed by atoms with Gasteiger partial charge in [0.2, 0.25) is 0 Å². The molecule has 0 aliphatic carbocycles. The topological polar surface area (TPSA) is 54.9 Å². The quantitative estimate of drug-likeness (QED) is 0.935. The first-order chi connectivity index (χ1) is 9.79. The monoisotopic (exact) mass is 323 g/mol. The van der Waals surface area contributed by atoms with Crippen LogP contribution in [0.3, 0.4) is 0 Å². The smallest absolute Gasteiger partial charge is 0.0975 e. The van der Waals surface area contributed by atoms with E-state index in [0.717, 1.165) is 21.8 Å². The predicted octanol–water partition coefficient (Wildman–Crippen LogP) is 3.63. The first-order valence-electron chi connectivity index (χ1n) is 6.83. The van der Waals surface area contributed by atoms with Gasteiger partial charge in [0.25, 0.3) is 0 Å². The number of aryl methyl sites for hydroxylation is 1. The molecule has 0 radical (unpaired) electrons. The molecule has 0 bridgehead atoms. The van der Waals surface area contributed by atoms with Gasteiger partial charge in [0, 0.05) is 12.2 Å². The van der Waals surface area contributed by atoms with Gasteiger partial charge in [0.15, 0.2) is 0 Å². The number of hydrogen-bond donors (Lipinski definition) is 1. The summed E-state index contributed by atoms with van der Waals surface area (Å²) in [5, 5.41) is 0. The first-order valence-corrected chi connectivity index (χ1v) is 8.86. The molecule has 21 heavy (non-hydrogen) atoms. The molecule has 2 aromatic heterocycles. The summed E-state index contributed by atoms with van der Waals surface area (Å²) in [7, 11) is -1.09. The molecular formula is C15H21N3OS2. The molecule has 6 heteroatoms. The van der Waals surface area contributed by atoms with Crippen molar-refractivity contribution in [3.05, 3.63) is 35.1 Å². The lowest BCUT2D eigenvalue weighted by Gasteiger charge is -2.22. The van der Waals surface area contributed by atoms with Crippen molar-refractivity contribution >= 4 is 22.3 Å². The number of thiazole rings is 1. The number of rotatable bonds is 4. The van der Waals surface area contributed by atoms with Crippen LogP contribution in [0.5, 0.6) is 0 Å². The molecule has 2 heterocycles. The highest BCUT2D eigenvalue weighted by molar-refractivity contribution is 7.84. The normalized spacial score (nSPS) is 14.9. The first kappa shape index (κ1) is 16.3. The minimum absolute atomic E-state index is 0.00540. The molecule has 2 rings (SSSR count). The van der Waals surface area contributed by atoms with Crippen molar-refractivity contribution in [3.63, 3.8) is 0 Å². The average Bonchev–Trinajstić information content (AvgIpc) is 2.84. The number of hydrogen-bond acceptors (Lipinski definition) is 4. The third-order valence-corrected chi connectivity index (χ3v) is 5.74. The molecule has 0 aromatic carbocycles. The Hall–Kier alpha value is -1.11. The third-order valence-electron chi connectivity index (χ3n) is 3.10. The molecule has 4 nitrogen and oxygen atoms in total. The van der Waals surface area contributed by atoms with Crippen LogP contribution in [-0.4, -0.2) is 18.9 Å². The Morgan fingerprint density at radius 2 is 2.00 bits per heavy atom. The largest absolute Gasteiger partial charge is 0.255 e. The lowest BCUT2D eigenvalue weighted by Crippen LogP contribution is -2.34. The number of nitrogens with one attached hydrogen (secondary N) is 1. The Balaban J connectivity index is 2.12. The Morgan fingerprint density at radius 3 is 2.48 bits per heavy atom. The van der Waals surface area contributed by atoms with Crippen LogP contribution in [0.2, 0.25) is 0 Å². The fourth-order valence-electron chi connectivity index (χ4n) is 1.75. The molecule has 2 atom stereocenters. The van der Waals surface area contributed by atoms with Gasteiger partial charge in [-0.1, -0.05) is 6.07 Å². The van der Waals surface area contributed by atoms with Crippen LogP contribution < -0.4 is 4.72 Å². The molecule has 0 fully saturated rings. The Bertz CT molecular complexity index is 629. The van der Waals surface area contributed by atoms with Crippen molar-refractivity contribution in [2.75, 3.05) is 0 Å². The lowest BCUT2D eigenvalue weighted by molar-refractivity contribution is 0.616. The van der Waals surface area contributed by atoms with E-state index in [0.29, 0.717) is 0 Å². The molecule has 1 N–H and O–H groups in total. The van der Waals surface area contributed by atoms with Crippen LogP contribution in [0, 0.1) is 6.92 Å². The fourth-order valence-corrected chi connectivity index (χ4v) is 3.34. The van der Waals surface area contributed by atoms with E-state index in [1.165, 1.54) is 0 Å². The summed E-state index contributed by atoms with van der Waals surface area (Å²) < 4.78 is 15.0. The predicted molar refractivity (Wildman–Crippen MR) is 89.5 cm³/mol. The molecule has 0 saturated heterocycles. The number of pyridine rings is 1. The van der Waals surface area contributed by atoms with E-state index in [4.69, 9.17) is 0 Å². The molecule has 114 valence electrons. The van der Waals surface area contributed by atoms with E-state index in [9.17, 15) is 4.21 Å². The molecule has 0 amide bonds. The molecule has 0 unspecified atom stereocenters. The molecule has 0 aliphatic rings. The molecule has 0 aliphatic heterocycles. The standard InChI is InChI=1S/C15H21N3OS2/c1-10(18-21(19)15(3,4)5)12-6-7-13(16-8-12)14-11(2)17-9-20-14/h6-10,18H,1-5H3/t10-,21+/m0/s1. The van der Waals surface area contributed by atoms with Crippen molar-refractivity contribution in [3.8, 4) is 10.6 Å². The Morgan fingerprint density at radius 1 is 1.29 bits per heavy atom. The molecule has 0 spiro atoms. The highest BCUT2D eigenvalue weighted by Crippen LogP contribution is 2.26. The third kappa shape index (κ3) is 3.96. The lowest BCUT2D eigenvalue weighted by atomic mass is 10.1. The summed E-state index contributed by atoms with van der Waals surface area (Å²) in [6.45, 7) is 9.85. The summed E-state index contributed by atoms with van der Waals surface area (Å²) in [6.07, 6.45) is 1.84. The molecular weight excluding hydrogens is 302 g/mol. The van der Waals surface area contributed by atoms with Crippen LogP contribution in [0.4, 0.5) is 0 Å². The number of aromatic nitrogens is 2. The highest BCUT2D eigenvalue weighted by Gasteiger charge is 2.21. The van der Waals surface area contributed by atoms with Crippen molar-refractivity contribution in [2.24, 2.45) is 0 Å². The average molecular weight is 323 g/mol. The summed E-state index contributed by atoms with van der Waals surface area (Å²) in [6, 6.07) is 4.02. The summed E-state index contributed by atoms with van der Waals surface area (Å²) >= 11 is 1.59. The maximum atomic E-state index is 12.1. The van der Waals surface area contributed by atoms with Gasteiger partial charge >= 0.3 is 0 Å². The van der Waals surface area contributed by atoms with Crippen LogP contribution in [0.1, 0.15) is 45.0 Å². The van der Waals surface area contributed by atoms with Crippen LogP contribution in [-0.2, 0) is 11.0 Å². The van der Waals surface area contributed by atoms with Crippen molar-refractivity contribution in [1.29, 1.82) is 0 Å². The second-order valence-electron chi connectivity index (χ2n) is 5.96. The van der Waals surface area contributed by atoms with Crippen LogP contribution in [0.25, 0.3) is 10.6 Å². The minimum atomic E-state index is -1.09.